The average Bonchev–Trinajstić information content (AvgIpc) is 1.46. The van der Waals surface area contributed by atoms with Crippen LogP contribution in [-0.2, 0) is 0 Å². The second-order valence-electron chi connectivity index (χ2n) is 0.125. The third kappa shape index (κ3) is 56.9. The number of hydrogen-bond acceptors (Lipinski definition) is 2. The normalized spacial score (nSPS) is 2.00. The summed E-state index contributed by atoms with van der Waals surface area (Å²) in [5, 5.41) is 11.2. The molecule has 0 rings (SSSR count). The molecule has 0 saturated carbocycles. The summed E-state index contributed by atoms with van der Waals surface area (Å²) in [4.78, 5) is 0. The highest BCUT2D eigenvalue weighted by atomic mass is 35.5. The maximum absolute atomic E-state index is 5.62. The van der Waals surface area contributed by atoms with E-state index in [0.717, 1.165) is 0 Å². The van der Waals surface area contributed by atoms with Gasteiger partial charge in [-0.3, -0.25) is 0 Å². The standard InChI is InChI=1S/C2H4.CH2N2.ClH/c1-2;2-1-3;/h1-2H2;2-3H;1H. The molecule has 0 radical (unpaired) electrons. The van der Waals surface area contributed by atoms with Crippen LogP contribution in [0.1, 0.15) is 0 Å². The third-order valence-corrected chi connectivity index (χ3v) is 0. The fourth-order valence-electron chi connectivity index (χ4n) is 0. The molecule has 0 aromatic heterocycles. The molecule has 0 heterocycles. The van der Waals surface area contributed by atoms with E-state index in [-0.39, 0.29) is 12.4 Å². The summed E-state index contributed by atoms with van der Waals surface area (Å²) < 4.78 is 0. The van der Waals surface area contributed by atoms with E-state index in [1.807, 2.05) is 0 Å². The van der Waals surface area contributed by atoms with Gasteiger partial charge in [0.05, 0.1) is 6.01 Å². The molecular weight excluding hydrogens is 99.5 g/mol. The van der Waals surface area contributed by atoms with E-state index < -0.39 is 0 Å². The fourth-order valence-corrected chi connectivity index (χ4v) is 0. The zero-order valence-electron chi connectivity index (χ0n) is 3.32. The Morgan fingerprint density at radius 1 is 1.17 bits per heavy atom. The van der Waals surface area contributed by atoms with Gasteiger partial charge in [-0.25, -0.2) is 10.8 Å². The molecule has 0 aromatic rings. The van der Waals surface area contributed by atoms with Crippen molar-refractivity contribution >= 4 is 18.4 Å². The van der Waals surface area contributed by atoms with Crippen LogP contribution in [0, 0.1) is 10.8 Å². The van der Waals surface area contributed by atoms with Crippen molar-refractivity contribution in [3.8, 4) is 0 Å². The van der Waals surface area contributed by atoms with Crippen LogP contribution < -0.4 is 0 Å². The number of halogens is 1. The van der Waals surface area contributed by atoms with E-state index in [4.69, 9.17) is 10.8 Å². The molecule has 0 aromatic carbocycles. The van der Waals surface area contributed by atoms with Gasteiger partial charge in [-0.1, -0.05) is 0 Å². The summed E-state index contributed by atoms with van der Waals surface area (Å²) in [6.07, 6.45) is 0. The molecule has 0 amide bonds. The van der Waals surface area contributed by atoms with Gasteiger partial charge in [-0.05, 0) is 0 Å². The van der Waals surface area contributed by atoms with E-state index >= 15 is 0 Å². The lowest BCUT2D eigenvalue weighted by Gasteiger charge is -1.09. The second-order valence-corrected chi connectivity index (χ2v) is 0.125. The Hall–Kier alpha value is -0.590. The van der Waals surface area contributed by atoms with Crippen molar-refractivity contribution in [3.05, 3.63) is 13.2 Å². The van der Waals surface area contributed by atoms with Gasteiger partial charge in [0.2, 0.25) is 0 Å². The maximum atomic E-state index is 5.62. The van der Waals surface area contributed by atoms with E-state index in [9.17, 15) is 0 Å². The van der Waals surface area contributed by atoms with Crippen LogP contribution >= 0.6 is 12.4 Å². The molecule has 0 aliphatic carbocycles. The lowest BCUT2D eigenvalue weighted by atomic mass is 11.3. The van der Waals surface area contributed by atoms with Gasteiger partial charge in [0, 0.05) is 0 Å². The predicted octanol–water partition coefficient (Wildman–Crippen LogP) is 1.54. The smallest absolute Gasteiger partial charge is 0.0831 e. The van der Waals surface area contributed by atoms with Crippen LogP contribution in [0.15, 0.2) is 13.2 Å². The van der Waals surface area contributed by atoms with Gasteiger partial charge in [-0.2, -0.15) is 0 Å². The van der Waals surface area contributed by atoms with Crippen molar-refractivity contribution in [3.63, 3.8) is 0 Å². The zero-order valence-corrected chi connectivity index (χ0v) is 4.14. The van der Waals surface area contributed by atoms with Crippen molar-refractivity contribution < 1.29 is 0 Å². The fraction of sp³-hybridized carbons (Fsp3) is 0. The minimum absolute atomic E-state index is 0. The summed E-state index contributed by atoms with van der Waals surface area (Å²) in [6, 6.07) is 1.25. The molecule has 0 atom stereocenters. The van der Waals surface area contributed by atoms with Crippen LogP contribution in [0.25, 0.3) is 0 Å². The Morgan fingerprint density at radius 3 is 1.17 bits per heavy atom. The highest BCUT2D eigenvalue weighted by Crippen LogP contribution is 0.920. The van der Waals surface area contributed by atoms with Gasteiger partial charge in [-0.15, -0.1) is 25.6 Å². The summed E-state index contributed by atoms with van der Waals surface area (Å²) in [5.74, 6) is 0. The molecule has 0 aliphatic rings. The Kier molecular flexibility index (Phi) is 921. The molecule has 0 fully saturated rings. The van der Waals surface area contributed by atoms with Crippen molar-refractivity contribution in [1.29, 1.82) is 10.8 Å². The summed E-state index contributed by atoms with van der Waals surface area (Å²) >= 11 is 0. The zero-order chi connectivity index (χ0) is 4.71. The van der Waals surface area contributed by atoms with E-state index in [1.54, 1.807) is 0 Å². The Morgan fingerprint density at radius 2 is 1.17 bits per heavy atom. The molecule has 0 saturated heterocycles. The highest BCUT2D eigenvalue weighted by molar-refractivity contribution is 5.85. The predicted molar refractivity (Wildman–Crippen MR) is 28.9 cm³/mol. The molecule has 2 N–H and O–H groups in total. The number of nitrogens with one attached hydrogen (secondary N) is 2. The molecule has 0 aliphatic heterocycles. The Balaban J connectivity index is -0.0000000275. The summed E-state index contributed by atoms with van der Waals surface area (Å²) in [7, 11) is 0. The molecule has 3 heteroatoms. The van der Waals surface area contributed by atoms with Crippen LogP contribution in [-0.4, -0.2) is 6.01 Å². The first-order valence-corrected chi connectivity index (χ1v) is 1.000. The third-order valence-electron chi connectivity index (χ3n) is 0. The first kappa shape index (κ1) is 18.1. The van der Waals surface area contributed by atoms with Crippen molar-refractivity contribution in [2.75, 3.05) is 0 Å². The maximum Gasteiger partial charge on any atom is 0.0831 e. The minimum atomic E-state index is 0. The van der Waals surface area contributed by atoms with Crippen molar-refractivity contribution in [2.45, 2.75) is 0 Å². The molecule has 0 spiro atoms. The van der Waals surface area contributed by atoms with Crippen molar-refractivity contribution in [1.82, 2.24) is 0 Å². The molecular formula is C3H7ClN2. The van der Waals surface area contributed by atoms with Gasteiger partial charge in [0.25, 0.3) is 0 Å². The lowest BCUT2D eigenvalue weighted by molar-refractivity contribution is 1.47. The van der Waals surface area contributed by atoms with E-state index in [0.29, 0.717) is 0 Å². The molecule has 0 unspecified atom stereocenters. The quantitative estimate of drug-likeness (QED) is 0.348. The summed E-state index contributed by atoms with van der Waals surface area (Å²) in [5.41, 5.74) is 0. The van der Waals surface area contributed by atoms with Crippen LogP contribution in [0.4, 0.5) is 0 Å². The second kappa shape index (κ2) is 305. The number of hydrogen-bond donors (Lipinski definition) is 2. The average molecular weight is 107 g/mol. The van der Waals surface area contributed by atoms with Gasteiger partial charge < -0.3 is 0 Å². The lowest BCUT2D eigenvalue weighted by Crippen LogP contribution is -1.11. The summed E-state index contributed by atoms with van der Waals surface area (Å²) in [6.45, 7) is 6.00. The molecule has 0 bridgehead atoms. The van der Waals surface area contributed by atoms with E-state index in [2.05, 4.69) is 13.2 Å². The molecule has 2 nitrogen and oxygen atoms in total. The SMILES string of the molecule is C=C.Cl.N=C=N. The highest BCUT2D eigenvalue weighted by Gasteiger charge is 0.934. The van der Waals surface area contributed by atoms with Crippen LogP contribution in [0.5, 0.6) is 0 Å². The first-order chi connectivity index (χ1) is 2.41. The largest absolute Gasteiger partial charge is 0.242 e. The molecule has 36 valence electrons. The van der Waals surface area contributed by atoms with Crippen molar-refractivity contribution in [2.24, 2.45) is 0 Å². The number of rotatable bonds is 0. The van der Waals surface area contributed by atoms with Crippen LogP contribution in [0.2, 0.25) is 0 Å². The van der Waals surface area contributed by atoms with Gasteiger partial charge in [0.15, 0.2) is 0 Å². The monoisotopic (exact) mass is 106 g/mol. The Bertz CT molecular complexity index is 38.1. The molecule has 6 heavy (non-hydrogen) atoms. The van der Waals surface area contributed by atoms with Gasteiger partial charge >= 0.3 is 0 Å². The van der Waals surface area contributed by atoms with Crippen LogP contribution in [0.3, 0.4) is 0 Å². The first-order valence-electron chi connectivity index (χ1n) is 1.000. The topological polar surface area (TPSA) is 47.7 Å². The van der Waals surface area contributed by atoms with E-state index in [1.165, 1.54) is 6.01 Å². The minimum Gasteiger partial charge on any atom is -0.242 e. The Labute approximate surface area is 43.3 Å². The van der Waals surface area contributed by atoms with Gasteiger partial charge in [0.1, 0.15) is 0 Å².